The molecule has 0 fully saturated rings. The molecule has 0 radical (unpaired) electrons. The Morgan fingerprint density at radius 1 is 0.947 bits per heavy atom. The van der Waals surface area contributed by atoms with Gasteiger partial charge in [-0.15, -0.1) is 0 Å². The highest BCUT2D eigenvalue weighted by Crippen LogP contribution is 2.35. The van der Waals surface area contributed by atoms with E-state index in [9.17, 15) is 4.79 Å². The van der Waals surface area contributed by atoms with Crippen molar-refractivity contribution in [3.05, 3.63) is 83.4 Å². The summed E-state index contributed by atoms with van der Waals surface area (Å²) in [6.45, 7) is 2.20. The summed E-state index contributed by atoms with van der Waals surface area (Å²) in [4.78, 5) is 11.9. The second-order valence-electron chi connectivity index (χ2n) is 5.32. The maximum atomic E-state index is 11.9. The number of benzene rings is 2. The Balaban J connectivity index is 2.05. The second-order valence-corrected chi connectivity index (χ2v) is 5.32. The quantitative estimate of drug-likeness (QED) is 0.786. The minimum Gasteiger partial charge on any atom is -0.289 e. The van der Waals surface area contributed by atoms with Gasteiger partial charge in [0.2, 0.25) is 0 Å². The molecule has 2 aromatic rings. The Morgan fingerprint density at radius 2 is 1.63 bits per heavy atom. The van der Waals surface area contributed by atoms with Crippen molar-refractivity contribution in [1.82, 2.24) is 0 Å². The second kappa shape index (κ2) is 4.51. The van der Waals surface area contributed by atoms with Gasteiger partial charge in [-0.25, -0.2) is 0 Å². The third-order valence-corrected chi connectivity index (χ3v) is 3.82. The van der Waals surface area contributed by atoms with Gasteiger partial charge in [-0.05, 0) is 23.6 Å². The Bertz CT molecular complexity index is 640. The summed E-state index contributed by atoms with van der Waals surface area (Å²) in [5.41, 5.74) is 3.15. The van der Waals surface area contributed by atoms with Crippen LogP contribution in [0.4, 0.5) is 0 Å². The first-order chi connectivity index (χ1) is 9.19. The molecule has 0 aromatic heterocycles. The molecule has 0 spiro atoms. The lowest BCUT2D eigenvalue weighted by Crippen LogP contribution is -2.28. The van der Waals surface area contributed by atoms with Crippen molar-refractivity contribution in [2.24, 2.45) is 0 Å². The van der Waals surface area contributed by atoms with Gasteiger partial charge in [0.15, 0.2) is 5.78 Å². The molecule has 2 aromatic carbocycles. The first-order valence-electron chi connectivity index (χ1n) is 6.56. The van der Waals surface area contributed by atoms with Crippen molar-refractivity contribution < 1.29 is 4.79 Å². The van der Waals surface area contributed by atoms with Crippen molar-refractivity contribution in [2.75, 3.05) is 0 Å². The fraction of sp³-hybridized carbons (Fsp3) is 0.167. The van der Waals surface area contributed by atoms with Gasteiger partial charge in [-0.1, -0.05) is 67.6 Å². The summed E-state index contributed by atoms with van der Waals surface area (Å²) in [5, 5.41) is 0. The molecule has 1 nitrogen and oxygen atoms in total. The van der Waals surface area contributed by atoms with Crippen LogP contribution in [0, 0.1) is 0 Å². The normalized spacial score (nSPS) is 21.2. The molecule has 19 heavy (non-hydrogen) atoms. The monoisotopic (exact) mass is 248 g/mol. The first kappa shape index (κ1) is 11.9. The van der Waals surface area contributed by atoms with Crippen LogP contribution < -0.4 is 0 Å². The molecule has 0 aliphatic heterocycles. The molecule has 0 amide bonds. The van der Waals surface area contributed by atoms with E-state index in [0.717, 1.165) is 17.5 Å². The van der Waals surface area contributed by atoms with Crippen LogP contribution in [0.2, 0.25) is 0 Å². The molecule has 0 saturated carbocycles. The highest BCUT2D eigenvalue weighted by atomic mass is 16.1. The van der Waals surface area contributed by atoms with E-state index in [2.05, 4.69) is 37.3 Å². The summed E-state index contributed by atoms with van der Waals surface area (Å²) < 4.78 is 0. The predicted molar refractivity (Wildman–Crippen MR) is 77.4 cm³/mol. The fourth-order valence-electron chi connectivity index (χ4n) is 2.81. The molecule has 0 unspecified atom stereocenters. The topological polar surface area (TPSA) is 17.1 Å². The lowest BCUT2D eigenvalue weighted by molar-refractivity contribution is 0.104. The zero-order chi connectivity index (χ0) is 13.3. The first-order valence-corrected chi connectivity index (χ1v) is 6.56. The average Bonchev–Trinajstić information content (AvgIpc) is 2.45. The SMILES string of the molecule is C[C@@]1(Cc2ccccc2)C=CC(=O)c2ccccc21. The smallest absolute Gasteiger partial charge is 0.185 e. The maximum Gasteiger partial charge on any atom is 0.185 e. The minimum absolute atomic E-state index is 0.105. The molecule has 3 rings (SSSR count). The number of allylic oxidation sites excluding steroid dienone is 2. The fourth-order valence-corrected chi connectivity index (χ4v) is 2.81. The van der Waals surface area contributed by atoms with Crippen molar-refractivity contribution in [3.8, 4) is 0 Å². The molecule has 1 aliphatic carbocycles. The number of rotatable bonds is 2. The lowest BCUT2D eigenvalue weighted by Gasteiger charge is -2.31. The van der Waals surface area contributed by atoms with Crippen molar-refractivity contribution >= 4 is 5.78 Å². The molecule has 1 aliphatic rings. The summed E-state index contributed by atoms with van der Waals surface area (Å²) in [6, 6.07) is 18.3. The average molecular weight is 248 g/mol. The van der Waals surface area contributed by atoms with E-state index in [0.29, 0.717) is 0 Å². The number of ketones is 1. The number of hydrogen-bond donors (Lipinski definition) is 0. The van der Waals surface area contributed by atoms with Gasteiger partial charge >= 0.3 is 0 Å². The summed E-state index contributed by atoms with van der Waals surface area (Å²) in [5.74, 6) is 0.112. The molecule has 1 atom stereocenters. The van der Waals surface area contributed by atoms with Gasteiger partial charge < -0.3 is 0 Å². The van der Waals surface area contributed by atoms with Crippen LogP contribution in [0.25, 0.3) is 0 Å². The van der Waals surface area contributed by atoms with Gasteiger partial charge in [0, 0.05) is 11.0 Å². The van der Waals surface area contributed by atoms with Gasteiger partial charge in [-0.2, -0.15) is 0 Å². The van der Waals surface area contributed by atoms with Crippen LogP contribution in [0.15, 0.2) is 66.7 Å². The van der Waals surface area contributed by atoms with Crippen LogP contribution in [-0.2, 0) is 11.8 Å². The zero-order valence-electron chi connectivity index (χ0n) is 11.0. The van der Waals surface area contributed by atoms with E-state index < -0.39 is 0 Å². The standard InChI is InChI=1S/C18H16O/c1-18(13-14-7-3-2-4-8-14)12-11-17(19)15-9-5-6-10-16(15)18/h2-12H,13H2,1H3/t18-/m0/s1. The van der Waals surface area contributed by atoms with Crippen molar-refractivity contribution in [2.45, 2.75) is 18.8 Å². The minimum atomic E-state index is -0.105. The number of carbonyl (C=O) groups is 1. The molecule has 0 saturated heterocycles. The summed E-state index contributed by atoms with van der Waals surface area (Å²) in [7, 11) is 0. The maximum absolute atomic E-state index is 11.9. The van der Waals surface area contributed by atoms with E-state index in [4.69, 9.17) is 0 Å². The lowest BCUT2D eigenvalue weighted by atomic mass is 9.72. The molecular formula is C18H16O. The molecule has 0 heterocycles. The van der Waals surface area contributed by atoms with Crippen molar-refractivity contribution in [3.63, 3.8) is 0 Å². The summed E-state index contributed by atoms with van der Waals surface area (Å²) >= 11 is 0. The summed E-state index contributed by atoms with van der Waals surface area (Å²) in [6.07, 6.45) is 4.67. The van der Waals surface area contributed by atoms with Crippen LogP contribution in [0.3, 0.4) is 0 Å². The van der Waals surface area contributed by atoms with Crippen LogP contribution >= 0.6 is 0 Å². The van der Waals surface area contributed by atoms with E-state index in [1.165, 1.54) is 5.56 Å². The third kappa shape index (κ3) is 2.12. The highest BCUT2D eigenvalue weighted by molar-refractivity contribution is 6.07. The zero-order valence-corrected chi connectivity index (χ0v) is 11.0. The number of carbonyl (C=O) groups excluding carboxylic acids is 1. The predicted octanol–water partition coefficient (Wildman–Crippen LogP) is 3.94. The van der Waals surface area contributed by atoms with E-state index in [-0.39, 0.29) is 11.2 Å². The molecular weight excluding hydrogens is 232 g/mol. The van der Waals surface area contributed by atoms with Gasteiger partial charge in [0.05, 0.1) is 0 Å². The Labute approximate surface area is 113 Å². The van der Waals surface area contributed by atoms with E-state index in [1.807, 2.05) is 30.3 Å². The third-order valence-electron chi connectivity index (χ3n) is 3.82. The van der Waals surface area contributed by atoms with Crippen LogP contribution in [0.1, 0.15) is 28.4 Å². The number of fused-ring (bicyclic) bond motifs is 1. The largest absolute Gasteiger partial charge is 0.289 e. The highest BCUT2D eigenvalue weighted by Gasteiger charge is 2.31. The Hall–Kier alpha value is -2.15. The van der Waals surface area contributed by atoms with Crippen LogP contribution in [0.5, 0.6) is 0 Å². The van der Waals surface area contributed by atoms with E-state index in [1.54, 1.807) is 6.08 Å². The van der Waals surface area contributed by atoms with Gasteiger partial charge in [0.25, 0.3) is 0 Å². The van der Waals surface area contributed by atoms with Crippen molar-refractivity contribution in [1.29, 1.82) is 0 Å². The molecule has 0 N–H and O–H groups in total. The molecule has 0 bridgehead atoms. The van der Waals surface area contributed by atoms with Gasteiger partial charge in [0.1, 0.15) is 0 Å². The Morgan fingerprint density at radius 3 is 2.42 bits per heavy atom. The van der Waals surface area contributed by atoms with Crippen LogP contribution in [-0.4, -0.2) is 5.78 Å². The van der Waals surface area contributed by atoms with Gasteiger partial charge in [-0.3, -0.25) is 4.79 Å². The molecule has 94 valence electrons. The van der Waals surface area contributed by atoms with E-state index >= 15 is 0 Å². The Kier molecular flexibility index (Phi) is 2.83. The molecule has 1 heteroatoms. The number of hydrogen-bond acceptors (Lipinski definition) is 1.